The summed E-state index contributed by atoms with van der Waals surface area (Å²) in [7, 11) is 0. The van der Waals surface area contributed by atoms with Gasteiger partial charge in [0.1, 0.15) is 5.60 Å². The number of esters is 1. The van der Waals surface area contributed by atoms with Gasteiger partial charge in [-0.05, 0) is 59.8 Å². The van der Waals surface area contributed by atoms with Crippen molar-refractivity contribution < 1.29 is 19.1 Å². The fourth-order valence-corrected chi connectivity index (χ4v) is 3.13. The van der Waals surface area contributed by atoms with Gasteiger partial charge in [-0.3, -0.25) is 0 Å². The molecule has 1 aliphatic rings. The van der Waals surface area contributed by atoms with Gasteiger partial charge in [0.25, 0.3) is 0 Å². The van der Waals surface area contributed by atoms with Gasteiger partial charge in [-0.25, -0.2) is 9.59 Å². The molecule has 5 nitrogen and oxygen atoms in total. The van der Waals surface area contributed by atoms with Crippen molar-refractivity contribution in [2.24, 2.45) is 0 Å². The number of ether oxygens (including phenoxy) is 2. The number of rotatable bonds is 7. The van der Waals surface area contributed by atoms with Gasteiger partial charge in [0.2, 0.25) is 0 Å². The number of hydrogen-bond acceptors (Lipinski definition) is 4. The van der Waals surface area contributed by atoms with Crippen LogP contribution in [0.4, 0.5) is 4.79 Å². The average molecular weight is 339 g/mol. The highest BCUT2D eigenvalue weighted by molar-refractivity contribution is 5.81. The highest BCUT2D eigenvalue weighted by atomic mass is 16.6. The topological polar surface area (TPSA) is 55.8 Å². The molecule has 0 aromatic heterocycles. The van der Waals surface area contributed by atoms with Gasteiger partial charge in [-0.2, -0.15) is 0 Å². The molecule has 1 aliphatic heterocycles. The molecule has 0 bridgehead atoms. The van der Waals surface area contributed by atoms with E-state index in [4.69, 9.17) is 9.47 Å². The Labute approximate surface area is 146 Å². The number of amides is 1. The van der Waals surface area contributed by atoms with E-state index in [1.165, 1.54) is 6.08 Å². The van der Waals surface area contributed by atoms with Crippen molar-refractivity contribution in [3.8, 4) is 0 Å². The van der Waals surface area contributed by atoms with Crippen molar-refractivity contribution >= 4 is 12.1 Å². The highest BCUT2D eigenvalue weighted by Gasteiger charge is 2.38. The van der Waals surface area contributed by atoms with Gasteiger partial charge < -0.3 is 14.4 Å². The van der Waals surface area contributed by atoms with E-state index < -0.39 is 5.60 Å². The molecule has 0 saturated carbocycles. The summed E-state index contributed by atoms with van der Waals surface area (Å²) in [4.78, 5) is 25.8. The fourth-order valence-electron chi connectivity index (χ4n) is 3.13. The summed E-state index contributed by atoms with van der Waals surface area (Å²) in [6.45, 7) is 10.0. The summed E-state index contributed by atoms with van der Waals surface area (Å²) in [6, 6.07) is 0.451. The monoisotopic (exact) mass is 339 g/mol. The number of hydrogen-bond donors (Lipinski definition) is 0. The highest BCUT2D eigenvalue weighted by Crippen LogP contribution is 2.31. The largest absolute Gasteiger partial charge is 0.463 e. The lowest BCUT2D eigenvalue weighted by molar-refractivity contribution is -0.137. The molecular formula is C19H33NO4. The van der Waals surface area contributed by atoms with E-state index in [-0.39, 0.29) is 24.1 Å². The van der Waals surface area contributed by atoms with Gasteiger partial charge in [0, 0.05) is 18.2 Å². The van der Waals surface area contributed by atoms with Gasteiger partial charge in [0.05, 0.1) is 6.61 Å². The smallest absolute Gasteiger partial charge is 0.410 e. The molecule has 1 saturated heterocycles. The Balaban J connectivity index is 2.63. The van der Waals surface area contributed by atoms with Crippen LogP contribution in [0.5, 0.6) is 0 Å². The predicted molar refractivity (Wildman–Crippen MR) is 94.8 cm³/mol. The number of carbonyl (C=O) groups is 2. The van der Waals surface area contributed by atoms with E-state index in [0.717, 1.165) is 38.5 Å². The molecule has 0 aliphatic carbocycles. The molecule has 0 radical (unpaired) electrons. The van der Waals surface area contributed by atoms with Crippen molar-refractivity contribution in [3.63, 3.8) is 0 Å². The Hall–Kier alpha value is -1.52. The Kier molecular flexibility index (Phi) is 8.29. The first-order valence-corrected chi connectivity index (χ1v) is 9.13. The first-order chi connectivity index (χ1) is 11.3. The van der Waals surface area contributed by atoms with Crippen LogP contribution in [0.3, 0.4) is 0 Å². The number of allylic oxidation sites excluding steroid dienone is 1. The zero-order valence-electron chi connectivity index (χ0n) is 15.8. The zero-order chi connectivity index (χ0) is 18.2. The van der Waals surface area contributed by atoms with Crippen LogP contribution in [0.25, 0.3) is 0 Å². The molecule has 2 atom stereocenters. The van der Waals surface area contributed by atoms with E-state index in [9.17, 15) is 9.59 Å². The van der Waals surface area contributed by atoms with Crippen LogP contribution in [0, 0.1) is 0 Å². The molecule has 5 heteroatoms. The van der Waals surface area contributed by atoms with Crippen LogP contribution in [0.15, 0.2) is 12.2 Å². The predicted octanol–water partition coefficient (Wildman–Crippen LogP) is 4.45. The minimum Gasteiger partial charge on any atom is -0.463 e. The number of likely N-dealkylation sites (tertiary alicyclic amines) is 1. The van der Waals surface area contributed by atoms with Gasteiger partial charge in [-0.15, -0.1) is 0 Å². The minimum absolute atomic E-state index is 0.184. The summed E-state index contributed by atoms with van der Waals surface area (Å²) in [5.41, 5.74) is -0.481. The van der Waals surface area contributed by atoms with Crippen LogP contribution >= 0.6 is 0 Å². The van der Waals surface area contributed by atoms with E-state index in [0.29, 0.717) is 6.61 Å². The molecule has 138 valence electrons. The van der Waals surface area contributed by atoms with Crippen molar-refractivity contribution in [2.75, 3.05) is 6.61 Å². The maximum absolute atomic E-state index is 12.6. The molecule has 0 aromatic rings. The summed E-state index contributed by atoms with van der Waals surface area (Å²) >= 11 is 0. The molecule has 1 fully saturated rings. The van der Waals surface area contributed by atoms with Crippen LogP contribution < -0.4 is 0 Å². The van der Waals surface area contributed by atoms with Crippen LogP contribution in [-0.2, 0) is 14.3 Å². The van der Waals surface area contributed by atoms with E-state index in [1.807, 2.05) is 31.7 Å². The van der Waals surface area contributed by atoms with E-state index in [2.05, 4.69) is 6.92 Å². The second kappa shape index (κ2) is 9.70. The molecule has 1 rings (SSSR count). The SMILES string of the molecule is CCC[C@@H]1CC[C@H](CC/C=C/C(=O)OCC)N1C(=O)OC(C)(C)C. The fraction of sp³-hybridized carbons (Fsp3) is 0.789. The third-order valence-corrected chi connectivity index (χ3v) is 4.05. The lowest BCUT2D eigenvalue weighted by Crippen LogP contribution is -2.44. The average Bonchev–Trinajstić information content (AvgIpc) is 2.85. The normalized spacial score (nSPS) is 21.3. The zero-order valence-corrected chi connectivity index (χ0v) is 15.8. The van der Waals surface area contributed by atoms with Crippen molar-refractivity contribution in [1.29, 1.82) is 0 Å². The van der Waals surface area contributed by atoms with Crippen molar-refractivity contribution in [3.05, 3.63) is 12.2 Å². The summed E-state index contributed by atoms with van der Waals surface area (Å²) in [5.74, 6) is -0.309. The third-order valence-electron chi connectivity index (χ3n) is 4.05. The van der Waals surface area contributed by atoms with Crippen LogP contribution in [0.1, 0.15) is 73.1 Å². The van der Waals surface area contributed by atoms with Gasteiger partial charge in [-0.1, -0.05) is 19.4 Å². The second-order valence-electron chi connectivity index (χ2n) is 7.29. The molecule has 1 amide bonds. The molecule has 0 unspecified atom stereocenters. The number of nitrogens with zero attached hydrogens (tertiary/aromatic N) is 1. The van der Waals surface area contributed by atoms with Gasteiger partial charge >= 0.3 is 12.1 Å². The molecule has 0 N–H and O–H groups in total. The first-order valence-electron chi connectivity index (χ1n) is 9.13. The lowest BCUT2D eigenvalue weighted by Gasteiger charge is -2.32. The second-order valence-corrected chi connectivity index (χ2v) is 7.29. The summed E-state index contributed by atoms with van der Waals surface area (Å²) < 4.78 is 10.5. The van der Waals surface area contributed by atoms with Crippen LogP contribution in [0.2, 0.25) is 0 Å². The quantitative estimate of drug-likeness (QED) is 0.508. The Bertz CT molecular complexity index is 439. The van der Waals surface area contributed by atoms with Gasteiger partial charge in [0.15, 0.2) is 0 Å². The van der Waals surface area contributed by atoms with E-state index in [1.54, 1.807) is 6.92 Å². The maximum Gasteiger partial charge on any atom is 0.410 e. The Morgan fingerprint density at radius 3 is 2.29 bits per heavy atom. The standard InChI is InChI=1S/C19H33NO4/c1-6-10-15-13-14-16(11-8-9-12-17(21)23-7-2)20(15)18(22)24-19(3,4)5/h9,12,15-16H,6-8,10-11,13-14H2,1-5H3/b12-9+/t15-,16+/m1/s1. The maximum atomic E-state index is 12.6. The Morgan fingerprint density at radius 1 is 1.12 bits per heavy atom. The Morgan fingerprint density at radius 2 is 1.75 bits per heavy atom. The third kappa shape index (κ3) is 6.93. The summed E-state index contributed by atoms with van der Waals surface area (Å²) in [6.07, 6.45) is 8.78. The molecule has 1 heterocycles. The van der Waals surface area contributed by atoms with E-state index >= 15 is 0 Å². The van der Waals surface area contributed by atoms with Crippen molar-refractivity contribution in [1.82, 2.24) is 4.90 Å². The molecule has 0 spiro atoms. The first kappa shape index (κ1) is 20.5. The lowest BCUT2D eigenvalue weighted by atomic mass is 10.1. The molecular weight excluding hydrogens is 306 g/mol. The molecule has 24 heavy (non-hydrogen) atoms. The number of carbonyl (C=O) groups excluding carboxylic acids is 2. The van der Waals surface area contributed by atoms with Crippen molar-refractivity contribution in [2.45, 2.75) is 90.8 Å². The summed E-state index contributed by atoms with van der Waals surface area (Å²) in [5, 5.41) is 0. The molecule has 0 aromatic carbocycles. The minimum atomic E-state index is -0.481. The van der Waals surface area contributed by atoms with Crippen LogP contribution in [-0.4, -0.2) is 41.3 Å².